The summed E-state index contributed by atoms with van der Waals surface area (Å²) in [6, 6.07) is 5.14. The lowest BCUT2D eigenvalue weighted by atomic mass is 9.76. The highest BCUT2D eigenvalue weighted by Crippen LogP contribution is 2.33. The molecule has 0 spiro atoms. The van der Waals surface area contributed by atoms with Crippen molar-refractivity contribution in [2.75, 3.05) is 33.0 Å². The number of benzene rings is 1. The fourth-order valence-electron chi connectivity index (χ4n) is 4.31. The topological polar surface area (TPSA) is 131 Å². The molecule has 0 aromatic heterocycles. The zero-order valence-corrected chi connectivity index (χ0v) is 26.9. The molecule has 2 unspecified atom stereocenters. The second-order valence-corrected chi connectivity index (χ2v) is 13.0. The first-order valence-corrected chi connectivity index (χ1v) is 13.8. The lowest BCUT2D eigenvalue weighted by molar-refractivity contribution is -0.140. The summed E-state index contributed by atoms with van der Waals surface area (Å²) < 4.78 is 10.6. The number of likely N-dealkylation sites (N-methyl/N-ethyl adjacent to an activating group) is 2. The van der Waals surface area contributed by atoms with Crippen LogP contribution in [0.2, 0.25) is 0 Å². The molecule has 1 aromatic carbocycles. The number of anilines is 1. The molecule has 0 saturated carbocycles. The Labute approximate surface area is 245 Å². The lowest BCUT2D eigenvalue weighted by Gasteiger charge is -2.42. The second kappa shape index (κ2) is 13.9. The number of carbonyl (C=O) groups is 4. The van der Waals surface area contributed by atoms with Gasteiger partial charge in [-0.1, -0.05) is 52.8 Å². The van der Waals surface area contributed by atoms with Crippen LogP contribution in [-0.2, 0) is 29.3 Å². The number of ether oxygens (including phenoxy) is 2. The lowest BCUT2D eigenvalue weighted by Crippen LogP contribution is -2.62. The Balaban J connectivity index is 3.46. The molecule has 10 heteroatoms. The molecule has 0 aliphatic rings. The Hall–Kier alpha value is -3.56. The van der Waals surface area contributed by atoms with Crippen molar-refractivity contribution in [1.29, 1.82) is 0 Å². The average Bonchev–Trinajstić information content (AvgIpc) is 2.83. The zero-order chi connectivity index (χ0) is 31.9. The highest BCUT2D eigenvalue weighted by Gasteiger charge is 2.45. The number of nitrogens with two attached hydrogens (primary N) is 1. The Kier molecular flexibility index (Phi) is 12.0. The molecule has 230 valence electrons. The minimum absolute atomic E-state index is 0.141. The number of carbonyl (C=O) groups excluding carboxylic acids is 4. The van der Waals surface area contributed by atoms with Crippen molar-refractivity contribution in [3.05, 3.63) is 41.5 Å². The highest BCUT2D eigenvalue weighted by molar-refractivity contribution is 5.93. The van der Waals surface area contributed by atoms with E-state index in [1.54, 1.807) is 65.9 Å². The molecular weight excluding hydrogens is 524 g/mol. The first kappa shape index (κ1) is 35.5. The fourth-order valence-corrected chi connectivity index (χ4v) is 4.31. The number of hydrogen-bond acceptors (Lipinski definition) is 7. The molecule has 1 aromatic rings. The minimum atomic E-state index is -1.06. The number of amides is 3. The third-order valence-electron chi connectivity index (χ3n) is 6.68. The van der Waals surface area contributed by atoms with E-state index in [1.807, 2.05) is 40.7 Å². The van der Waals surface area contributed by atoms with E-state index in [0.29, 0.717) is 11.3 Å². The van der Waals surface area contributed by atoms with E-state index < -0.39 is 46.5 Å². The maximum absolute atomic E-state index is 14.1. The van der Waals surface area contributed by atoms with Crippen LogP contribution in [0.15, 0.2) is 35.9 Å². The Morgan fingerprint density at radius 1 is 1.02 bits per heavy atom. The summed E-state index contributed by atoms with van der Waals surface area (Å²) in [6.07, 6.45) is 0.935. The summed E-state index contributed by atoms with van der Waals surface area (Å²) in [4.78, 5) is 55.7. The Morgan fingerprint density at radius 3 is 2.10 bits per heavy atom. The molecule has 3 amide bonds. The third-order valence-corrected chi connectivity index (χ3v) is 6.68. The van der Waals surface area contributed by atoms with E-state index in [-0.39, 0.29) is 19.1 Å². The maximum Gasteiger partial charge on any atom is 0.410 e. The van der Waals surface area contributed by atoms with E-state index in [0.717, 1.165) is 5.56 Å². The van der Waals surface area contributed by atoms with Gasteiger partial charge in [0.2, 0.25) is 11.8 Å². The van der Waals surface area contributed by atoms with Crippen LogP contribution in [0, 0.1) is 5.41 Å². The van der Waals surface area contributed by atoms with E-state index in [1.165, 1.54) is 16.8 Å². The van der Waals surface area contributed by atoms with Gasteiger partial charge in [-0.05, 0) is 57.7 Å². The average molecular weight is 575 g/mol. The van der Waals surface area contributed by atoms with Gasteiger partial charge in [0, 0.05) is 37.3 Å². The number of hydrogen-bond donors (Lipinski definition) is 2. The van der Waals surface area contributed by atoms with Gasteiger partial charge in [-0.3, -0.25) is 14.5 Å². The molecular formula is C31H50N4O6. The van der Waals surface area contributed by atoms with Crippen LogP contribution in [0.25, 0.3) is 0 Å². The molecule has 41 heavy (non-hydrogen) atoms. The molecule has 0 bridgehead atoms. The molecule has 1 rings (SSSR count). The molecule has 2 atom stereocenters. The maximum atomic E-state index is 14.1. The number of rotatable bonds is 10. The van der Waals surface area contributed by atoms with Gasteiger partial charge >= 0.3 is 12.1 Å². The van der Waals surface area contributed by atoms with Crippen LogP contribution >= 0.6 is 0 Å². The molecule has 0 aliphatic carbocycles. The highest BCUT2D eigenvalue weighted by atomic mass is 16.6. The van der Waals surface area contributed by atoms with Crippen LogP contribution in [0.5, 0.6) is 0 Å². The molecule has 0 heterocycles. The molecule has 0 fully saturated rings. The van der Waals surface area contributed by atoms with Crippen molar-refractivity contribution in [3.63, 3.8) is 0 Å². The van der Waals surface area contributed by atoms with Gasteiger partial charge in [0.25, 0.3) is 0 Å². The molecule has 0 radical (unpaired) electrons. The fraction of sp³-hybridized carbons (Fsp3) is 0.613. The van der Waals surface area contributed by atoms with Crippen molar-refractivity contribution in [2.45, 2.75) is 92.3 Å². The van der Waals surface area contributed by atoms with Crippen molar-refractivity contribution in [1.82, 2.24) is 15.1 Å². The zero-order valence-electron chi connectivity index (χ0n) is 26.9. The number of nitrogens with one attached hydrogen (secondary N) is 1. The Morgan fingerprint density at radius 2 is 1.61 bits per heavy atom. The van der Waals surface area contributed by atoms with Gasteiger partial charge in [-0.25, -0.2) is 9.59 Å². The van der Waals surface area contributed by atoms with Gasteiger partial charge in [0.1, 0.15) is 17.7 Å². The van der Waals surface area contributed by atoms with Crippen LogP contribution in [0.1, 0.15) is 74.8 Å². The predicted molar refractivity (Wildman–Crippen MR) is 161 cm³/mol. The summed E-state index contributed by atoms with van der Waals surface area (Å²) in [5, 5.41) is 2.93. The van der Waals surface area contributed by atoms with Crippen LogP contribution in [0.3, 0.4) is 0 Å². The molecule has 0 aliphatic heterocycles. The first-order chi connectivity index (χ1) is 18.6. The quantitative estimate of drug-likeness (QED) is 0.242. The summed E-state index contributed by atoms with van der Waals surface area (Å²) >= 11 is 0. The van der Waals surface area contributed by atoms with Crippen molar-refractivity contribution in [2.24, 2.45) is 5.41 Å². The monoisotopic (exact) mass is 574 g/mol. The summed E-state index contributed by atoms with van der Waals surface area (Å²) in [7, 11) is 3.11. The van der Waals surface area contributed by atoms with Crippen molar-refractivity contribution >= 4 is 29.6 Å². The van der Waals surface area contributed by atoms with E-state index in [2.05, 4.69) is 5.32 Å². The van der Waals surface area contributed by atoms with Crippen LogP contribution < -0.4 is 11.1 Å². The number of nitrogens with zero attached hydrogens (tertiary/aromatic N) is 2. The van der Waals surface area contributed by atoms with Crippen LogP contribution in [-0.4, -0.2) is 78.6 Å². The standard InChI is InChI=1S/C31H50N4O6/c1-13-40-27(38)20(2)17-18-34(11)26(37)23(29(3,4)5)33-25(36)24(35(12)28(39)41-30(6,7)8)31(9,10)21-15-14-16-22(32)19-21/h14-17,19,23-24H,13,18,32H2,1-12H3,(H,33,36)/b20-17+. The SMILES string of the molecule is CCOC(=O)/C(C)=C/CN(C)C(=O)C(NC(=O)C(N(C)C(=O)OC(C)(C)C)C(C)(C)c1cccc(N)c1)C(C)(C)C. The Bertz CT molecular complexity index is 1130. The van der Waals surface area contributed by atoms with Gasteiger partial charge in [-0.2, -0.15) is 0 Å². The number of nitrogen functional groups attached to an aromatic ring is 1. The first-order valence-electron chi connectivity index (χ1n) is 13.8. The second-order valence-electron chi connectivity index (χ2n) is 13.0. The van der Waals surface area contributed by atoms with Gasteiger partial charge in [0.05, 0.1) is 6.61 Å². The molecule has 3 N–H and O–H groups in total. The summed E-state index contributed by atoms with van der Waals surface area (Å²) in [5.74, 6) is -1.32. The smallest absolute Gasteiger partial charge is 0.410 e. The van der Waals surface area contributed by atoms with Crippen molar-refractivity contribution in [3.8, 4) is 0 Å². The van der Waals surface area contributed by atoms with E-state index >= 15 is 0 Å². The molecule has 0 saturated heterocycles. The van der Waals surface area contributed by atoms with E-state index in [9.17, 15) is 19.2 Å². The van der Waals surface area contributed by atoms with Gasteiger partial charge < -0.3 is 25.4 Å². The van der Waals surface area contributed by atoms with Gasteiger partial charge in [0.15, 0.2) is 0 Å². The third kappa shape index (κ3) is 10.1. The minimum Gasteiger partial charge on any atom is -0.463 e. The normalized spacial score (nSPS) is 14.0. The van der Waals surface area contributed by atoms with Gasteiger partial charge in [-0.15, -0.1) is 0 Å². The largest absolute Gasteiger partial charge is 0.463 e. The van der Waals surface area contributed by atoms with Crippen molar-refractivity contribution < 1.29 is 28.7 Å². The van der Waals surface area contributed by atoms with Crippen LogP contribution in [0.4, 0.5) is 10.5 Å². The predicted octanol–water partition coefficient (Wildman–Crippen LogP) is 4.28. The summed E-state index contributed by atoms with van der Waals surface area (Å²) in [6.45, 7) is 18.2. The number of esters is 1. The summed E-state index contributed by atoms with van der Waals surface area (Å²) in [5.41, 5.74) is 5.30. The molecule has 10 nitrogen and oxygen atoms in total. The van der Waals surface area contributed by atoms with E-state index in [4.69, 9.17) is 15.2 Å².